The van der Waals surface area contributed by atoms with Gasteiger partial charge in [-0.2, -0.15) is 0 Å². The fourth-order valence-electron chi connectivity index (χ4n) is 2.85. The average Bonchev–Trinajstić information content (AvgIpc) is 2.65. The molecule has 0 aromatic rings. The van der Waals surface area contributed by atoms with Crippen molar-refractivity contribution in [3.63, 3.8) is 0 Å². The van der Waals surface area contributed by atoms with Crippen LogP contribution in [0.1, 0.15) is 32.6 Å². The maximum Gasteiger partial charge on any atom is 0.00729 e. The summed E-state index contributed by atoms with van der Waals surface area (Å²) in [5.74, 6) is 0. The monoisotopic (exact) mass is 168 g/mol. The number of hydrogen-bond acceptors (Lipinski definition) is 2. The smallest absolute Gasteiger partial charge is 0.00729 e. The Morgan fingerprint density at radius 3 is 3.08 bits per heavy atom. The molecular formula is C10H20N2. The predicted molar refractivity (Wildman–Crippen MR) is 51.2 cm³/mol. The van der Waals surface area contributed by atoms with Crippen molar-refractivity contribution in [1.82, 2.24) is 10.6 Å². The normalized spacial score (nSPS) is 41.2. The first kappa shape index (κ1) is 8.52. The van der Waals surface area contributed by atoms with Crippen LogP contribution in [0.2, 0.25) is 0 Å². The van der Waals surface area contributed by atoms with Gasteiger partial charge in [-0.05, 0) is 44.2 Å². The summed E-state index contributed by atoms with van der Waals surface area (Å²) in [4.78, 5) is 0. The highest BCUT2D eigenvalue weighted by Crippen LogP contribution is 2.42. The molecule has 0 amide bonds. The van der Waals surface area contributed by atoms with Gasteiger partial charge >= 0.3 is 0 Å². The van der Waals surface area contributed by atoms with E-state index in [1.54, 1.807) is 0 Å². The van der Waals surface area contributed by atoms with Crippen LogP contribution in [0.15, 0.2) is 0 Å². The lowest BCUT2D eigenvalue weighted by molar-refractivity contribution is 0.324. The molecule has 2 heteroatoms. The Bertz CT molecular complexity index is 150. The molecule has 2 rings (SSSR count). The Kier molecular flexibility index (Phi) is 2.37. The summed E-state index contributed by atoms with van der Waals surface area (Å²) in [6, 6.07) is 0.815. The molecule has 2 aliphatic rings. The molecular weight excluding hydrogens is 148 g/mol. The fraction of sp³-hybridized carbons (Fsp3) is 1.00. The molecule has 1 saturated carbocycles. The molecule has 2 unspecified atom stereocenters. The lowest BCUT2D eigenvalue weighted by atomic mass is 9.85. The zero-order valence-electron chi connectivity index (χ0n) is 8.03. The minimum Gasteiger partial charge on any atom is -0.316 e. The number of hydrogen-bond donors (Lipinski definition) is 2. The van der Waals surface area contributed by atoms with E-state index >= 15 is 0 Å². The molecule has 12 heavy (non-hydrogen) atoms. The summed E-state index contributed by atoms with van der Waals surface area (Å²) < 4.78 is 0. The molecule has 1 heterocycles. The maximum absolute atomic E-state index is 3.57. The molecule has 70 valence electrons. The Morgan fingerprint density at radius 1 is 1.50 bits per heavy atom. The second-order valence-electron chi connectivity index (χ2n) is 4.42. The van der Waals surface area contributed by atoms with Crippen LogP contribution in [0, 0.1) is 5.41 Å². The molecule has 1 spiro atoms. The van der Waals surface area contributed by atoms with Gasteiger partial charge < -0.3 is 10.6 Å². The highest BCUT2D eigenvalue weighted by Gasteiger charge is 2.40. The lowest BCUT2D eigenvalue weighted by Gasteiger charge is -2.21. The third-order valence-electron chi connectivity index (χ3n) is 3.53. The van der Waals surface area contributed by atoms with E-state index in [1.807, 2.05) is 0 Å². The molecule has 1 aliphatic carbocycles. The molecule has 0 aromatic carbocycles. The van der Waals surface area contributed by atoms with E-state index in [0.717, 1.165) is 12.6 Å². The van der Waals surface area contributed by atoms with Gasteiger partial charge in [-0.15, -0.1) is 0 Å². The minimum atomic E-state index is 0.687. The molecule has 0 radical (unpaired) electrons. The molecule has 0 bridgehead atoms. The summed E-state index contributed by atoms with van der Waals surface area (Å²) >= 11 is 0. The van der Waals surface area contributed by atoms with Gasteiger partial charge in [0.05, 0.1) is 0 Å². The van der Waals surface area contributed by atoms with Crippen LogP contribution in [0.25, 0.3) is 0 Å². The van der Waals surface area contributed by atoms with E-state index in [1.165, 1.54) is 38.8 Å². The van der Waals surface area contributed by atoms with Crippen molar-refractivity contribution in [2.45, 2.75) is 38.6 Å². The second kappa shape index (κ2) is 3.35. The van der Waals surface area contributed by atoms with Crippen molar-refractivity contribution >= 4 is 0 Å². The topological polar surface area (TPSA) is 24.1 Å². The summed E-state index contributed by atoms with van der Waals surface area (Å²) in [6.45, 7) is 5.86. The largest absolute Gasteiger partial charge is 0.316 e. The molecule has 1 aliphatic heterocycles. The first-order valence-corrected chi connectivity index (χ1v) is 5.29. The van der Waals surface area contributed by atoms with Crippen LogP contribution < -0.4 is 10.6 Å². The Labute approximate surface area is 75.1 Å². The fourth-order valence-corrected chi connectivity index (χ4v) is 2.85. The van der Waals surface area contributed by atoms with Crippen molar-refractivity contribution < 1.29 is 0 Å². The van der Waals surface area contributed by atoms with Gasteiger partial charge in [-0.3, -0.25) is 0 Å². The van der Waals surface area contributed by atoms with Gasteiger partial charge in [0.15, 0.2) is 0 Å². The van der Waals surface area contributed by atoms with Crippen LogP contribution in [0.5, 0.6) is 0 Å². The maximum atomic E-state index is 3.57. The zero-order chi connectivity index (χ0) is 8.44. The molecule has 1 saturated heterocycles. The van der Waals surface area contributed by atoms with Crippen LogP contribution in [0.3, 0.4) is 0 Å². The van der Waals surface area contributed by atoms with Gasteiger partial charge in [0.1, 0.15) is 0 Å². The molecule has 2 nitrogen and oxygen atoms in total. The van der Waals surface area contributed by atoms with Crippen LogP contribution in [-0.2, 0) is 0 Å². The first-order chi connectivity index (χ1) is 5.85. The van der Waals surface area contributed by atoms with Gasteiger partial charge in [0.2, 0.25) is 0 Å². The Morgan fingerprint density at radius 2 is 2.42 bits per heavy atom. The summed E-state index contributed by atoms with van der Waals surface area (Å²) in [5.41, 5.74) is 0.687. The van der Waals surface area contributed by atoms with Crippen molar-refractivity contribution in [3.8, 4) is 0 Å². The van der Waals surface area contributed by atoms with Crippen molar-refractivity contribution in [3.05, 3.63) is 0 Å². The zero-order valence-corrected chi connectivity index (χ0v) is 8.03. The standard InChI is InChI=1S/C10H20N2/c1-2-12-9-3-4-10(7-9)5-6-11-8-10/h9,11-12H,2-8H2,1H3. The van der Waals surface area contributed by atoms with E-state index in [0.29, 0.717) is 5.41 Å². The molecule has 0 aromatic heterocycles. The van der Waals surface area contributed by atoms with Gasteiger partial charge in [-0.25, -0.2) is 0 Å². The number of nitrogens with one attached hydrogen (secondary N) is 2. The van der Waals surface area contributed by atoms with E-state index in [2.05, 4.69) is 17.6 Å². The van der Waals surface area contributed by atoms with Gasteiger partial charge in [0.25, 0.3) is 0 Å². The van der Waals surface area contributed by atoms with E-state index in [-0.39, 0.29) is 0 Å². The summed E-state index contributed by atoms with van der Waals surface area (Å²) in [5, 5.41) is 7.06. The van der Waals surface area contributed by atoms with Crippen LogP contribution in [-0.4, -0.2) is 25.7 Å². The third-order valence-corrected chi connectivity index (χ3v) is 3.53. The Balaban J connectivity index is 1.88. The molecule has 2 N–H and O–H groups in total. The van der Waals surface area contributed by atoms with Crippen molar-refractivity contribution in [2.24, 2.45) is 5.41 Å². The van der Waals surface area contributed by atoms with Crippen LogP contribution in [0.4, 0.5) is 0 Å². The third kappa shape index (κ3) is 1.50. The summed E-state index contributed by atoms with van der Waals surface area (Å²) in [7, 11) is 0. The minimum absolute atomic E-state index is 0.687. The van der Waals surface area contributed by atoms with Crippen LogP contribution >= 0.6 is 0 Å². The van der Waals surface area contributed by atoms with Crippen molar-refractivity contribution in [2.75, 3.05) is 19.6 Å². The van der Waals surface area contributed by atoms with E-state index in [9.17, 15) is 0 Å². The Hall–Kier alpha value is -0.0800. The van der Waals surface area contributed by atoms with Crippen molar-refractivity contribution in [1.29, 1.82) is 0 Å². The average molecular weight is 168 g/mol. The van der Waals surface area contributed by atoms with Gasteiger partial charge in [0, 0.05) is 12.6 Å². The highest BCUT2D eigenvalue weighted by atomic mass is 15.0. The summed E-state index contributed by atoms with van der Waals surface area (Å²) in [6.07, 6.45) is 5.66. The second-order valence-corrected chi connectivity index (χ2v) is 4.42. The molecule has 2 fully saturated rings. The highest BCUT2D eigenvalue weighted by molar-refractivity contribution is 4.96. The van der Waals surface area contributed by atoms with E-state index < -0.39 is 0 Å². The molecule has 2 atom stereocenters. The predicted octanol–water partition coefficient (Wildman–Crippen LogP) is 1.13. The van der Waals surface area contributed by atoms with Gasteiger partial charge in [-0.1, -0.05) is 6.92 Å². The van der Waals surface area contributed by atoms with E-state index in [4.69, 9.17) is 0 Å². The number of rotatable bonds is 2. The lowest BCUT2D eigenvalue weighted by Crippen LogP contribution is -2.29. The first-order valence-electron chi connectivity index (χ1n) is 5.29. The SMILES string of the molecule is CCNC1CCC2(CCNC2)C1. The quantitative estimate of drug-likeness (QED) is 0.646.